The van der Waals surface area contributed by atoms with Crippen molar-refractivity contribution in [3.63, 3.8) is 0 Å². The van der Waals surface area contributed by atoms with Gasteiger partial charge < -0.3 is 16.4 Å². The van der Waals surface area contributed by atoms with E-state index in [-0.39, 0.29) is 11.6 Å². The van der Waals surface area contributed by atoms with Crippen LogP contribution in [0.1, 0.15) is 18.4 Å². The van der Waals surface area contributed by atoms with Crippen molar-refractivity contribution in [2.45, 2.75) is 25.4 Å². The predicted molar refractivity (Wildman–Crippen MR) is 110 cm³/mol. The van der Waals surface area contributed by atoms with E-state index in [2.05, 4.69) is 4.90 Å². The highest BCUT2D eigenvalue weighted by Crippen LogP contribution is 2.24. The Labute approximate surface area is 161 Å². The molecule has 0 radical (unpaired) electrons. The summed E-state index contributed by atoms with van der Waals surface area (Å²) in [5.41, 5.74) is 13.7. The highest BCUT2D eigenvalue weighted by Gasteiger charge is 2.25. The highest BCUT2D eigenvalue weighted by molar-refractivity contribution is 5.75. The van der Waals surface area contributed by atoms with Gasteiger partial charge in [-0.25, -0.2) is 4.79 Å². The number of aryl methyl sites for hydroxylation is 1. The molecule has 1 aliphatic heterocycles. The number of fused-ring (bicyclic) bond motifs is 1. The standard InChI is InChI=1S/C19H25N7O2/c1-23-16-15(17(27)24(2)19(23)28)26(10-12-5-3-6-13(20)9-12)18(22-16)25-8-4-7-14(21)11-25/h3,5-6,9,14H,4,7-8,10-11,20-21H2,1-2H3. The fraction of sp³-hybridized carbons (Fsp3) is 0.421. The van der Waals surface area contributed by atoms with E-state index >= 15 is 0 Å². The van der Waals surface area contributed by atoms with Gasteiger partial charge in [-0.2, -0.15) is 4.98 Å². The quantitative estimate of drug-likeness (QED) is 0.615. The number of piperidine rings is 1. The van der Waals surface area contributed by atoms with Gasteiger partial charge in [-0.15, -0.1) is 0 Å². The Bertz CT molecular complexity index is 1160. The number of anilines is 2. The lowest BCUT2D eigenvalue weighted by atomic mass is 10.1. The van der Waals surface area contributed by atoms with Crippen molar-refractivity contribution in [3.05, 3.63) is 50.7 Å². The van der Waals surface area contributed by atoms with Crippen LogP contribution in [0.15, 0.2) is 33.9 Å². The van der Waals surface area contributed by atoms with Gasteiger partial charge in [0.1, 0.15) is 0 Å². The van der Waals surface area contributed by atoms with E-state index in [1.54, 1.807) is 7.05 Å². The van der Waals surface area contributed by atoms with E-state index in [0.29, 0.717) is 35.9 Å². The topological polar surface area (TPSA) is 117 Å². The number of rotatable bonds is 3. The first kappa shape index (κ1) is 18.3. The van der Waals surface area contributed by atoms with Gasteiger partial charge in [0.25, 0.3) is 5.56 Å². The Morgan fingerprint density at radius 3 is 2.71 bits per heavy atom. The Kier molecular flexibility index (Phi) is 4.46. The largest absolute Gasteiger partial charge is 0.399 e. The molecule has 3 heterocycles. The zero-order chi connectivity index (χ0) is 20.0. The molecule has 1 unspecified atom stereocenters. The maximum Gasteiger partial charge on any atom is 0.332 e. The number of nitrogens with two attached hydrogens (primary N) is 2. The number of hydrogen-bond acceptors (Lipinski definition) is 6. The van der Waals surface area contributed by atoms with E-state index in [4.69, 9.17) is 16.5 Å². The maximum atomic E-state index is 13.0. The molecule has 0 spiro atoms. The summed E-state index contributed by atoms with van der Waals surface area (Å²) in [4.78, 5) is 32.1. The van der Waals surface area contributed by atoms with Crippen LogP contribution in [0, 0.1) is 0 Å². The van der Waals surface area contributed by atoms with Crippen LogP contribution in [0.4, 0.5) is 11.6 Å². The number of nitrogen functional groups attached to an aromatic ring is 1. The Morgan fingerprint density at radius 2 is 2.00 bits per heavy atom. The molecule has 148 valence electrons. The van der Waals surface area contributed by atoms with E-state index in [0.717, 1.165) is 29.5 Å². The third-order valence-electron chi connectivity index (χ3n) is 5.36. The first-order valence-electron chi connectivity index (χ1n) is 9.38. The van der Waals surface area contributed by atoms with Gasteiger partial charge in [0.05, 0.1) is 6.54 Å². The number of hydrogen-bond donors (Lipinski definition) is 2. The molecule has 1 aromatic carbocycles. The summed E-state index contributed by atoms with van der Waals surface area (Å²) in [7, 11) is 3.12. The molecule has 28 heavy (non-hydrogen) atoms. The Hall–Kier alpha value is -3.07. The molecular formula is C19H25N7O2. The summed E-state index contributed by atoms with van der Waals surface area (Å²) in [6.45, 7) is 1.90. The molecule has 1 saturated heterocycles. The lowest BCUT2D eigenvalue weighted by molar-refractivity contribution is 0.495. The van der Waals surface area contributed by atoms with Crippen molar-refractivity contribution in [3.8, 4) is 0 Å². The van der Waals surface area contributed by atoms with Crippen LogP contribution in [0.3, 0.4) is 0 Å². The Balaban J connectivity index is 1.96. The monoisotopic (exact) mass is 383 g/mol. The maximum absolute atomic E-state index is 13.0. The average Bonchev–Trinajstić information content (AvgIpc) is 3.04. The van der Waals surface area contributed by atoms with Gasteiger partial charge in [0.15, 0.2) is 11.2 Å². The third kappa shape index (κ3) is 2.97. The molecule has 4 rings (SSSR count). The zero-order valence-corrected chi connectivity index (χ0v) is 16.1. The van der Waals surface area contributed by atoms with Crippen LogP contribution < -0.4 is 27.6 Å². The molecule has 2 aromatic heterocycles. The predicted octanol–water partition coefficient (Wildman–Crippen LogP) is -0.00830. The van der Waals surface area contributed by atoms with Crippen LogP contribution in [0.5, 0.6) is 0 Å². The van der Waals surface area contributed by atoms with Crippen molar-refractivity contribution in [1.82, 2.24) is 18.7 Å². The van der Waals surface area contributed by atoms with Gasteiger partial charge >= 0.3 is 5.69 Å². The summed E-state index contributed by atoms with van der Waals surface area (Å²) in [6, 6.07) is 7.60. The summed E-state index contributed by atoms with van der Waals surface area (Å²) in [6.07, 6.45) is 1.92. The van der Waals surface area contributed by atoms with Crippen molar-refractivity contribution < 1.29 is 0 Å². The number of nitrogens with zero attached hydrogens (tertiary/aromatic N) is 5. The molecule has 1 atom stereocenters. The molecule has 1 fully saturated rings. The van der Waals surface area contributed by atoms with Crippen LogP contribution >= 0.6 is 0 Å². The third-order valence-corrected chi connectivity index (χ3v) is 5.36. The molecule has 0 aliphatic carbocycles. The Morgan fingerprint density at radius 1 is 1.21 bits per heavy atom. The molecule has 0 amide bonds. The first-order valence-corrected chi connectivity index (χ1v) is 9.38. The van der Waals surface area contributed by atoms with E-state index in [1.165, 1.54) is 11.6 Å². The summed E-state index contributed by atoms with van der Waals surface area (Å²) in [5, 5.41) is 0. The van der Waals surface area contributed by atoms with Crippen molar-refractivity contribution >= 4 is 22.8 Å². The molecule has 0 saturated carbocycles. The molecule has 1 aliphatic rings. The molecule has 3 aromatic rings. The fourth-order valence-electron chi connectivity index (χ4n) is 3.89. The van der Waals surface area contributed by atoms with E-state index in [9.17, 15) is 9.59 Å². The van der Waals surface area contributed by atoms with Crippen LogP contribution in [0.25, 0.3) is 11.2 Å². The van der Waals surface area contributed by atoms with E-state index < -0.39 is 5.69 Å². The van der Waals surface area contributed by atoms with Crippen LogP contribution in [0.2, 0.25) is 0 Å². The van der Waals surface area contributed by atoms with Gasteiger partial charge in [0.2, 0.25) is 5.95 Å². The molecule has 0 bridgehead atoms. The number of imidazole rings is 1. The number of aromatic nitrogens is 4. The van der Waals surface area contributed by atoms with Crippen molar-refractivity contribution in [2.75, 3.05) is 23.7 Å². The lowest BCUT2D eigenvalue weighted by Crippen LogP contribution is -2.44. The van der Waals surface area contributed by atoms with Gasteiger partial charge in [-0.1, -0.05) is 12.1 Å². The fourth-order valence-corrected chi connectivity index (χ4v) is 3.89. The van der Waals surface area contributed by atoms with Gasteiger partial charge in [0, 0.05) is 38.9 Å². The average molecular weight is 383 g/mol. The summed E-state index contributed by atoms with van der Waals surface area (Å²) >= 11 is 0. The van der Waals surface area contributed by atoms with Gasteiger partial charge in [-0.3, -0.25) is 18.5 Å². The highest BCUT2D eigenvalue weighted by atomic mass is 16.2. The lowest BCUT2D eigenvalue weighted by Gasteiger charge is -2.31. The molecule has 4 N–H and O–H groups in total. The minimum absolute atomic E-state index is 0.0565. The second kappa shape index (κ2) is 6.83. The van der Waals surface area contributed by atoms with Crippen LogP contribution in [-0.2, 0) is 20.6 Å². The van der Waals surface area contributed by atoms with Gasteiger partial charge in [-0.05, 0) is 30.5 Å². The summed E-state index contributed by atoms with van der Waals surface area (Å²) in [5.74, 6) is 0.658. The SMILES string of the molecule is Cn1c(=O)c2c(nc(N3CCCC(N)C3)n2Cc2cccc(N)c2)n(C)c1=O. The molecular weight excluding hydrogens is 358 g/mol. The van der Waals surface area contributed by atoms with E-state index in [1.807, 2.05) is 28.8 Å². The number of benzene rings is 1. The van der Waals surface area contributed by atoms with Crippen LogP contribution in [-0.4, -0.2) is 37.8 Å². The zero-order valence-electron chi connectivity index (χ0n) is 16.1. The first-order chi connectivity index (χ1) is 13.4. The molecule has 9 heteroatoms. The second-order valence-corrected chi connectivity index (χ2v) is 7.47. The van der Waals surface area contributed by atoms with Crippen molar-refractivity contribution in [1.29, 1.82) is 0 Å². The minimum atomic E-state index is -0.395. The smallest absolute Gasteiger partial charge is 0.332 e. The van der Waals surface area contributed by atoms with Crippen molar-refractivity contribution in [2.24, 2.45) is 19.8 Å². The normalized spacial score (nSPS) is 17.4. The minimum Gasteiger partial charge on any atom is -0.399 e. The molecule has 9 nitrogen and oxygen atoms in total. The second-order valence-electron chi connectivity index (χ2n) is 7.47. The summed E-state index contributed by atoms with van der Waals surface area (Å²) < 4.78 is 4.41.